The molecule has 3 N–H and O–H groups in total. The average molecular weight is 303 g/mol. The summed E-state index contributed by atoms with van der Waals surface area (Å²) in [6.45, 7) is 1.98. The lowest BCUT2D eigenvalue weighted by Gasteiger charge is -2.17. The minimum absolute atomic E-state index is 0.481. The fraction of sp³-hybridized carbons (Fsp3) is 0.143. The Morgan fingerprint density at radius 2 is 1.39 bits per heavy atom. The molecular weight excluding hydrogens is 282 g/mol. The highest BCUT2D eigenvalue weighted by Gasteiger charge is 2.15. The van der Waals surface area contributed by atoms with Gasteiger partial charge in [0.25, 0.3) is 0 Å². The lowest BCUT2D eigenvalue weighted by Crippen LogP contribution is -2.00. The van der Waals surface area contributed by atoms with E-state index >= 15 is 0 Å². The molecule has 0 radical (unpaired) electrons. The van der Waals surface area contributed by atoms with Gasteiger partial charge in [-0.25, -0.2) is 0 Å². The minimum Gasteiger partial charge on any atom is -0.398 e. The van der Waals surface area contributed by atoms with Gasteiger partial charge in [0.1, 0.15) is 0 Å². The fourth-order valence-electron chi connectivity index (χ4n) is 2.92. The molecule has 0 saturated carbocycles. The number of benzene rings is 3. The van der Waals surface area contributed by atoms with Crippen LogP contribution in [0.3, 0.4) is 0 Å². The number of anilines is 1. The number of aliphatic hydroxyl groups excluding tert-OH is 1. The minimum atomic E-state index is -0.481. The Balaban J connectivity index is 2.16. The Hall–Kier alpha value is -2.58. The van der Waals surface area contributed by atoms with Crippen molar-refractivity contribution in [2.45, 2.75) is 19.4 Å². The second-order valence-electron chi connectivity index (χ2n) is 5.64. The molecule has 0 spiro atoms. The molecule has 0 aliphatic heterocycles. The molecule has 0 amide bonds. The van der Waals surface area contributed by atoms with Gasteiger partial charge in [0.2, 0.25) is 0 Å². The first-order valence-electron chi connectivity index (χ1n) is 7.93. The zero-order valence-electron chi connectivity index (χ0n) is 13.2. The van der Waals surface area contributed by atoms with Crippen molar-refractivity contribution in [3.63, 3.8) is 0 Å². The Morgan fingerprint density at radius 3 is 2.13 bits per heavy atom. The SMILES string of the molecule is CCC(O)c1ccccc1-c1cccc(-c2ccccc2)c1N. The van der Waals surface area contributed by atoms with Gasteiger partial charge in [0, 0.05) is 16.8 Å². The maximum atomic E-state index is 10.3. The van der Waals surface area contributed by atoms with E-state index in [1.807, 2.05) is 67.6 Å². The van der Waals surface area contributed by atoms with E-state index in [4.69, 9.17) is 5.73 Å². The van der Waals surface area contributed by atoms with Crippen molar-refractivity contribution >= 4 is 5.69 Å². The van der Waals surface area contributed by atoms with E-state index in [1.165, 1.54) is 0 Å². The van der Waals surface area contributed by atoms with E-state index in [9.17, 15) is 5.11 Å². The van der Waals surface area contributed by atoms with E-state index in [1.54, 1.807) is 0 Å². The van der Waals surface area contributed by atoms with Crippen LogP contribution in [0.4, 0.5) is 5.69 Å². The number of nitrogen functional groups attached to an aromatic ring is 1. The second kappa shape index (κ2) is 6.67. The molecule has 0 aliphatic carbocycles. The lowest BCUT2D eigenvalue weighted by molar-refractivity contribution is 0.174. The third-order valence-corrected chi connectivity index (χ3v) is 4.19. The Morgan fingerprint density at radius 1 is 0.783 bits per heavy atom. The maximum absolute atomic E-state index is 10.3. The number of para-hydroxylation sites is 1. The van der Waals surface area contributed by atoms with E-state index in [-0.39, 0.29) is 0 Å². The van der Waals surface area contributed by atoms with Crippen molar-refractivity contribution in [2.75, 3.05) is 5.73 Å². The van der Waals surface area contributed by atoms with E-state index in [0.717, 1.165) is 33.5 Å². The molecule has 3 rings (SSSR count). The van der Waals surface area contributed by atoms with Crippen molar-refractivity contribution < 1.29 is 5.11 Å². The summed E-state index contributed by atoms with van der Waals surface area (Å²) >= 11 is 0. The Bertz CT molecular complexity index is 796. The van der Waals surface area contributed by atoms with Crippen molar-refractivity contribution in [3.05, 3.63) is 78.4 Å². The average Bonchev–Trinajstić information content (AvgIpc) is 2.62. The van der Waals surface area contributed by atoms with Crippen molar-refractivity contribution in [1.29, 1.82) is 0 Å². The van der Waals surface area contributed by atoms with Gasteiger partial charge in [-0.15, -0.1) is 0 Å². The van der Waals surface area contributed by atoms with Crippen LogP contribution < -0.4 is 5.73 Å². The molecule has 1 atom stereocenters. The number of aliphatic hydroxyl groups is 1. The number of nitrogens with two attached hydrogens (primary N) is 1. The number of hydrogen-bond donors (Lipinski definition) is 2. The molecule has 116 valence electrons. The summed E-state index contributed by atoms with van der Waals surface area (Å²) in [4.78, 5) is 0. The lowest BCUT2D eigenvalue weighted by atomic mass is 9.91. The highest BCUT2D eigenvalue weighted by molar-refractivity contribution is 5.89. The molecule has 2 nitrogen and oxygen atoms in total. The molecule has 0 heterocycles. The van der Waals surface area contributed by atoms with E-state index in [2.05, 4.69) is 12.1 Å². The largest absolute Gasteiger partial charge is 0.398 e. The molecular formula is C21H21NO. The van der Waals surface area contributed by atoms with Crippen LogP contribution >= 0.6 is 0 Å². The van der Waals surface area contributed by atoms with E-state index < -0.39 is 6.10 Å². The molecule has 0 aliphatic rings. The molecule has 0 aromatic heterocycles. The Labute approximate surface area is 137 Å². The van der Waals surface area contributed by atoms with Crippen molar-refractivity contribution in [2.24, 2.45) is 0 Å². The number of hydrogen-bond acceptors (Lipinski definition) is 2. The van der Waals surface area contributed by atoms with Crippen LogP contribution in [0.1, 0.15) is 25.0 Å². The highest BCUT2D eigenvalue weighted by Crippen LogP contribution is 2.38. The molecule has 0 bridgehead atoms. The summed E-state index contributed by atoms with van der Waals surface area (Å²) in [6, 6.07) is 24.1. The molecule has 2 heteroatoms. The topological polar surface area (TPSA) is 46.2 Å². The van der Waals surface area contributed by atoms with Gasteiger partial charge in [-0.05, 0) is 23.1 Å². The molecule has 0 fully saturated rings. The molecule has 3 aromatic carbocycles. The summed E-state index contributed by atoms with van der Waals surface area (Å²) < 4.78 is 0. The van der Waals surface area contributed by atoms with Gasteiger partial charge in [-0.2, -0.15) is 0 Å². The fourth-order valence-corrected chi connectivity index (χ4v) is 2.92. The van der Waals surface area contributed by atoms with Crippen molar-refractivity contribution in [1.82, 2.24) is 0 Å². The highest BCUT2D eigenvalue weighted by atomic mass is 16.3. The Kier molecular flexibility index (Phi) is 4.45. The first kappa shape index (κ1) is 15.3. The van der Waals surface area contributed by atoms with Gasteiger partial charge in [0.15, 0.2) is 0 Å². The van der Waals surface area contributed by atoms with Crippen LogP contribution in [0.5, 0.6) is 0 Å². The van der Waals surface area contributed by atoms with Crippen LogP contribution in [0, 0.1) is 0 Å². The summed E-state index contributed by atoms with van der Waals surface area (Å²) in [7, 11) is 0. The van der Waals surface area contributed by atoms with Gasteiger partial charge in [-0.3, -0.25) is 0 Å². The molecule has 1 unspecified atom stereocenters. The summed E-state index contributed by atoms with van der Waals surface area (Å²) in [5, 5.41) is 10.3. The standard InChI is InChI=1S/C21H21NO/c1-2-20(23)18-12-7-6-11-17(18)19-14-8-13-16(21(19)22)15-9-4-3-5-10-15/h3-14,20,23H,2,22H2,1H3. The van der Waals surface area contributed by atoms with Crippen LogP contribution in [0.15, 0.2) is 72.8 Å². The quantitative estimate of drug-likeness (QED) is 0.663. The van der Waals surface area contributed by atoms with Gasteiger partial charge in [0.05, 0.1) is 6.10 Å². The predicted molar refractivity (Wildman–Crippen MR) is 97.0 cm³/mol. The zero-order valence-corrected chi connectivity index (χ0v) is 13.2. The van der Waals surface area contributed by atoms with Crippen LogP contribution in [-0.4, -0.2) is 5.11 Å². The second-order valence-corrected chi connectivity index (χ2v) is 5.64. The van der Waals surface area contributed by atoms with E-state index in [0.29, 0.717) is 6.42 Å². The summed E-state index contributed by atoms with van der Waals surface area (Å²) in [5.74, 6) is 0. The molecule has 23 heavy (non-hydrogen) atoms. The first-order chi connectivity index (χ1) is 11.2. The van der Waals surface area contributed by atoms with Gasteiger partial charge < -0.3 is 10.8 Å². The van der Waals surface area contributed by atoms with Crippen LogP contribution in [0.25, 0.3) is 22.3 Å². The summed E-state index contributed by atoms with van der Waals surface area (Å²) in [6.07, 6.45) is 0.195. The van der Waals surface area contributed by atoms with Crippen LogP contribution in [-0.2, 0) is 0 Å². The van der Waals surface area contributed by atoms with Gasteiger partial charge >= 0.3 is 0 Å². The van der Waals surface area contributed by atoms with Gasteiger partial charge in [-0.1, -0.05) is 79.7 Å². The molecule has 0 saturated heterocycles. The van der Waals surface area contributed by atoms with Crippen molar-refractivity contribution in [3.8, 4) is 22.3 Å². The summed E-state index contributed by atoms with van der Waals surface area (Å²) in [5.41, 5.74) is 12.2. The zero-order chi connectivity index (χ0) is 16.2. The first-order valence-corrected chi connectivity index (χ1v) is 7.93. The maximum Gasteiger partial charge on any atom is 0.0793 e. The third-order valence-electron chi connectivity index (χ3n) is 4.19. The smallest absolute Gasteiger partial charge is 0.0793 e. The molecule has 3 aromatic rings. The monoisotopic (exact) mass is 303 g/mol. The van der Waals surface area contributed by atoms with Crippen LogP contribution in [0.2, 0.25) is 0 Å². The normalized spacial score (nSPS) is 12.1. The third kappa shape index (κ3) is 2.99. The predicted octanol–water partition coefficient (Wildman–Crippen LogP) is 5.05. The number of rotatable bonds is 4.